The number of methoxy groups -OCH3 is 2. The van der Waals surface area contributed by atoms with E-state index in [-0.39, 0.29) is 18.4 Å². The average Bonchev–Trinajstić information content (AvgIpc) is 3.52. The van der Waals surface area contributed by atoms with E-state index in [1.165, 1.54) is 14.2 Å². The number of ether oxygens (including phenoxy) is 3. The zero-order valence-corrected chi connectivity index (χ0v) is 19.3. The van der Waals surface area contributed by atoms with Crippen LogP contribution < -0.4 is 20.1 Å². The van der Waals surface area contributed by atoms with E-state index in [0.29, 0.717) is 58.7 Å². The molecule has 9 nitrogen and oxygen atoms in total. The molecule has 1 aliphatic rings. The standard InChI is InChI=1S/C25H27N3O6/c1-15-19(14-26-23(29)16-10-11-20(31-2)22(13-16)32-3)28-25(34-15)17-7-4-5-8-18(17)27-24(30)21-9-6-12-33-21/h4-5,7-8,10-11,13,21H,6,9,12,14H2,1-3H3,(H,26,29)(H,27,30). The maximum absolute atomic E-state index is 12.6. The van der Waals surface area contributed by atoms with Crippen LogP contribution in [0.4, 0.5) is 5.69 Å². The maximum atomic E-state index is 12.6. The fourth-order valence-corrected chi connectivity index (χ4v) is 3.73. The van der Waals surface area contributed by atoms with Crippen molar-refractivity contribution in [1.82, 2.24) is 10.3 Å². The number of amides is 2. The van der Waals surface area contributed by atoms with Gasteiger partial charge in [-0.25, -0.2) is 4.98 Å². The van der Waals surface area contributed by atoms with Gasteiger partial charge < -0.3 is 29.3 Å². The highest BCUT2D eigenvalue weighted by molar-refractivity contribution is 5.97. The van der Waals surface area contributed by atoms with E-state index in [1.807, 2.05) is 18.2 Å². The van der Waals surface area contributed by atoms with Crippen LogP contribution in [0.2, 0.25) is 0 Å². The number of aryl methyl sites for hydroxylation is 1. The summed E-state index contributed by atoms with van der Waals surface area (Å²) in [6.07, 6.45) is 1.13. The van der Waals surface area contributed by atoms with Crippen LogP contribution in [-0.4, -0.2) is 43.7 Å². The van der Waals surface area contributed by atoms with Crippen molar-refractivity contribution in [2.75, 3.05) is 26.1 Å². The van der Waals surface area contributed by atoms with E-state index in [2.05, 4.69) is 15.6 Å². The van der Waals surface area contributed by atoms with Crippen molar-refractivity contribution in [3.8, 4) is 23.0 Å². The second-order valence-electron chi connectivity index (χ2n) is 7.81. The summed E-state index contributed by atoms with van der Waals surface area (Å²) >= 11 is 0. The van der Waals surface area contributed by atoms with Gasteiger partial charge in [0.2, 0.25) is 5.89 Å². The minimum Gasteiger partial charge on any atom is -0.493 e. The van der Waals surface area contributed by atoms with Crippen LogP contribution in [0.1, 0.15) is 34.7 Å². The molecule has 0 radical (unpaired) electrons. The first-order valence-electron chi connectivity index (χ1n) is 11.0. The van der Waals surface area contributed by atoms with Gasteiger partial charge >= 0.3 is 0 Å². The Morgan fingerprint density at radius 2 is 1.91 bits per heavy atom. The Balaban J connectivity index is 1.47. The van der Waals surface area contributed by atoms with Crippen LogP contribution in [0.25, 0.3) is 11.5 Å². The number of nitrogens with zero attached hydrogens (tertiary/aromatic N) is 1. The lowest BCUT2D eigenvalue weighted by Crippen LogP contribution is -2.27. The molecule has 4 rings (SSSR count). The van der Waals surface area contributed by atoms with Crippen molar-refractivity contribution in [2.24, 2.45) is 0 Å². The third kappa shape index (κ3) is 5.04. The molecule has 1 saturated heterocycles. The van der Waals surface area contributed by atoms with Crippen LogP contribution in [0.3, 0.4) is 0 Å². The van der Waals surface area contributed by atoms with Gasteiger partial charge in [-0.1, -0.05) is 12.1 Å². The Morgan fingerprint density at radius 3 is 2.65 bits per heavy atom. The van der Waals surface area contributed by atoms with Gasteiger partial charge in [-0.15, -0.1) is 0 Å². The molecule has 2 heterocycles. The monoisotopic (exact) mass is 465 g/mol. The Morgan fingerprint density at radius 1 is 1.12 bits per heavy atom. The molecule has 1 atom stereocenters. The molecule has 0 bridgehead atoms. The van der Waals surface area contributed by atoms with Gasteiger partial charge in [0.15, 0.2) is 11.5 Å². The molecular weight excluding hydrogens is 438 g/mol. The summed E-state index contributed by atoms with van der Waals surface area (Å²) in [7, 11) is 3.05. The summed E-state index contributed by atoms with van der Waals surface area (Å²) in [5.41, 5.74) is 2.25. The number of benzene rings is 2. The van der Waals surface area contributed by atoms with E-state index in [1.54, 1.807) is 31.2 Å². The topological polar surface area (TPSA) is 112 Å². The number of aromatic nitrogens is 1. The van der Waals surface area contributed by atoms with Crippen molar-refractivity contribution in [2.45, 2.75) is 32.4 Å². The molecule has 1 aliphatic heterocycles. The first-order chi connectivity index (χ1) is 16.5. The number of oxazole rings is 1. The van der Waals surface area contributed by atoms with Crippen molar-refractivity contribution in [3.05, 3.63) is 59.5 Å². The highest BCUT2D eigenvalue weighted by Gasteiger charge is 2.25. The van der Waals surface area contributed by atoms with Crippen LogP contribution in [-0.2, 0) is 16.1 Å². The quantitative estimate of drug-likeness (QED) is 0.521. The summed E-state index contributed by atoms with van der Waals surface area (Å²) in [6, 6.07) is 12.2. The molecule has 2 amide bonds. The predicted octanol–water partition coefficient (Wildman–Crippen LogP) is 3.71. The number of hydrogen-bond acceptors (Lipinski definition) is 7. The van der Waals surface area contributed by atoms with Gasteiger partial charge in [0, 0.05) is 12.2 Å². The lowest BCUT2D eigenvalue weighted by atomic mass is 10.1. The molecule has 1 aromatic heterocycles. The normalized spacial score (nSPS) is 15.1. The number of anilines is 1. The summed E-state index contributed by atoms with van der Waals surface area (Å²) in [5.74, 6) is 1.47. The van der Waals surface area contributed by atoms with Crippen LogP contribution >= 0.6 is 0 Å². The minimum absolute atomic E-state index is 0.174. The molecule has 2 aromatic carbocycles. The van der Waals surface area contributed by atoms with Crippen LogP contribution in [0.15, 0.2) is 46.9 Å². The average molecular weight is 466 g/mol. The summed E-state index contributed by atoms with van der Waals surface area (Å²) in [5, 5.41) is 5.77. The molecule has 178 valence electrons. The molecule has 1 unspecified atom stereocenters. The lowest BCUT2D eigenvalue weighted by Gasteiger charge is -2.12. The molecule has 9 heteroatoms. The molecule has 34 heavy (non-hydrogen) atoms. The molecular formula is C25H27N3O6. The van der Waals surface area contributed by atoms with Gasteiger partial charge in [0.25, 0.3) is 11.8 Å². The highest BCUT2D eigenvalue weighted by atomic mass is 16.5. The molecule has 2 N–H and O–H groups in total. The maximum Gasteiger partial charge on any atom is 0.253 e. The summed E-state index contributed by atoms with van der Waals surface area (Å²) in [4.78, 5) is 29.7. The van der Waals surface area contributed by atoms with Gasteiger partial charge in [0.1, 0.15) is 17.6 Å². The van der Waals surface area contributed by atoms with E-state index >= 15 is 0 Å². The van der Waals surface area contributed by atoms with Crippen LogP contribution in [0, 0.1) is 6.92 Å². The van der Waals surface area contributed by atoms with Gasteiger partial charge in [-0.3, -0.25) is 9.59 Å². The second-order valence-corrected chi connectivity index (χ2v) is 7.81. The molecule has 3 aromatic rings. The Hall–Kier alpha value is -3.85. The summed E-state index contributed by atoms with van der Waals surface area (Å²) in [6.45, 7) is 2.55. The minimum atomic E-state index is -0.443. The number of rotatable bonds is 8. The Labute approximate surface area is 197 Å². The number of hydrogen-bond donors (Lipinski definition) is 2. The summed E-state index contributed by atoms with van der Waals surface area (Å²) < 4.78 is 21.8. The smallest absolute Gasteiger partial charge is 0.253 e. The molecule has 1 fully saturated rings. The van der Waals surface area contributed by atoms with E-state index in [0.717, 1.165) is 6.42 Å². The molecule has 0 saturated carbocycles. The van der Waals surface area contributed by atoms with Crippen molar-refractivity contribution in [3.63, 3.8) is 0 Å². The van der Waals surface area contributed by atoms with Gasteiger partial charge in [0.05, 0.1) is 32.0 Å². The molecule has 0 spiro atoms. The lowest BCUT2D eigenvalue weighted by molar-refractivity contribution is -0.124. The van der Waals surface area contributed by atoms with E-state index < -0.39 is 6.10 Å². The zero-order chi connectivity index (χ0) is 24.1. The predicted molar refractivity (Wildman–Crippen MR) is 125 cm³/mol. The number of para-hydroxylation sites is 1. The third-order valence-corrected chi connectivity index (χ3v) is 5.59. The fraction of sp³-hybridized carbons (Fsp3) is 0.320. The fourth-order valence-electron chi connectivity index (χ4n) is 3.73. The van der Waals surface area contributed by atoms with Crippen molar-refractivity contribution < 1.29 is 28.2 Å². The Kier molecular flexibility index (Phi) is 7.12. The number of carbonyl (C=O) groups excluding carboxylic acids is 2. The highest BCUT2D eigenvalue weighted by Crippen LogP contribution is 2.30. The second kappa shape index (κ2) is 10.4. The third-order valence-electron chi connectivity index (χ3n) is 5.59. The van der Waals surface area contributed by atoms with Crippen LogP contribution in [0.5, 0.6) is 11.5 Å². The molecule has 0 aliphatic carbocycles. The number of carbonyl (C=O) groups is 2. The van der Waals surface area contributed by atoms with E-state index in [9.17, 15) is 9.59 Å². The van der Waals surface area contributed by atoms with Gasteiger partial charge in [-0.2, -0.15) is 0 Å². The first kappa shape index (κ1) is 23.3. The van der Waals surface area contributed by atoms with Crippen molar-refractivity contribution >= 4 is 17.5 Å². The first-order valence-corrected chi connectivity index (χ1v) is 11.0. The Bertz CT molecular complexity index is 1180. The zero-order valence-electron chi connectivity index (χ0n) is 19.3. The SMILES string of the molecule is COc1ccc(C(=O)NCc2nc(-c3ccccc3NC(=O)C3CCCO3)oc2C)cc1OC. The number of nitrogens with one attached hydrogen (secondary N) is 2. The largest absolute Gasteiger partial charge is 0.493 e. The van der Waals surface area contributed by atoms with Crippen molar-refractivity contribution in [1.29, 1.82) is 0 Å². The van der Waals surface area contributed by atoms with Gasteiger partial charge in [-0.05, 0) is 50.1 Å². The van der Waals surface area contributed by atoms with E-state index in [4.69, 9.17) is 18.6 Å².